The molecule has 128 valence electrons. The number of carbonyl (C=O) groups excluding carboxylic acids is 1. The molecule has 0 saturated heterocycles. The smallest absolute Gasteiger partial charge is 0.257 e. The summed E-state index contributed by atoms with van der Waals surface area (Å²) >= 11 is 6.06. The third kappa shape index (κ3) is 4.35. The molecule has 1 heterocycles. The van der Waals surface area contributed by atoms with Gasteiger partial charge in [0.2, 0.25) is 5.95 Å². The van der Waals surface area contributed by atoms with Gasteiger partial charge in [-0.05, 0) is 32.0 Å². The fourth-order valence-electron chi connectivity index (χ4n) is 2.27. The molecule has 0 fully saturated rings. The number of carbonyl (C=O) groups is 1. The van der Waals surface area contributed by atoms with Gasteiger partial charge in [0.15, 0.2) is 0 Å². The van der Waals surface area contributed by atoms with Crippen LogP contribution >= 0.6 is 11.6 Å². The molecule has 0 unspecified atom stereocenters. The predicted molar refractivity (Wildman–Crippen MR) is 94.6 cm³/mol. The number of hydrogen-bond acceptors (Lipinski definition) is 5. The fraction of sp³-hybridized carbons (Fsp3) is 0.353. The Morgan fingerprint density at radius 3 is 2.58 bits per heavy atom. The van der Waals surface area contributed by atoms with Crippen molar-refractivity contribution in [2.75, 3.05) is 25.5 Å². The van der Waals surface area contributed by atoms with Crippen LogP contribution in [-0.4, -0.2) is 41.0 Å². The van der Waals surface area contributed by atoms with Crippen molar-refractivity contribution < 1.29 is 9.53 Å². The number of hydrogen-bond donors (Lipinski definition) is 1. The van der Waals surface area contributed by atoms with E-state index < -0.39 is 0 Å². The SMILES string of the molecule is CCNc1ncc(C(=O)N(CC)Cc2cc(Cl)ccc2OC)cn1. The minimum atomic E-state index is -0.137. The molecule has 1 amide bonds. The van der Waals surface area contributed by atoms with Gasteiger partial charge in [0.25, 0.3) is 5.91 Å². The second-order valence-electron chi connectivity index (χ2n) is 5.10. The summed E-state index contributed by atoms with van der Waals surface area (Å²) in [4.78, 5) is 22.7. The van der Waals surface area contributed by atoms with Crippen molar-refractivity contribution in [3.63, 3.8) is 0 Å². The van der Waals surface area contributed by atoms with Crippen molar-refractivity contribution in [2.24, 2.45) is 0 Å². The average Bonchev–Trinajstić information content (AvgIpc) is 2.60. The zero-order valence-electron chi connectivity index (χ0n) is 14.0. The normalized spacial score (nSPS) is 10.3. The van der Waals surface area contributed by atoms with Gasteiger partial charge in [-0.3, -0.25) is 4.79 Å². The topological polar surface area (TPSA) is 67.4 Å². The van der Waals surface area contributed by atoms with Gasteiger partial charge in [0.05, 0.1) is 12.7 Å². The molecule has 2 aromatic rings. The molecule has 0 aliphatic rings. The molecule has 0 bridgehead atoms. The number of anilines is 1. The van der Waals surface area contributed by atoms with Crippen molar-refractivity contribution in [1.82, 2.24) is 14.9 Å². The van der Waals surface area contributed by atoms with Crippen LogP contribution in [0.25, 0.3) is 0 Å². The van der Waals surface area contributed by atoms with Crippen LogP contribution in [0, 0.1) is 0 Å². The Hall–Kier alpha value is -2.34. The van der Waals surface area contributed by atoms with Gasteiger partial charge < -0.3 is 15.0 Å². The second kappa shape index (κ2) is 8.49. The first-order valence-corrected chi connectivity index (χ1v) is 8.14. The summed E-state index contributed by atoms with van der Waals surface area (Å²) in [6, 6.07) is 5.36. The standard InChI is InChI=1S/C17H21ClN4O2/c1-4-19-17-20-9-13(10-21-17)16(23)22(5-2)11-12-8-14(18)6-7-15(12)24-3/h6-10H,4-5,11H2,1-3H3,(H,19,20,21). The number of benzene rings is 1. The highest BCUT2D eigenvalue weighted by molar-refractivity contribution is 6.30. The van der Waals surface area contributed by atoms with Gasteiger partial charge in [-0.2, -0.15) is 0 Å². The summed E-state index contributed by atoms with van der Waals surface area (Å²) < 4.78 is 5.34. The van der Waals surface area contributed by atoms with E-state index in [1.54, 1.807) is 30.2 Å². The number of ether oxygens (including phenoxy) is 1. The van der Waals surface area contributed by atoms with E-state index in [1.807, 2.05) is 13.8 Å². The number of methoxy groups -OCH3 is 1. The fourth-order valence-corrected chi connectivity index (χ4v) is 2.47. The highest BCUT2D eigenvalue weighted by Crippen LogP contribution is 2.24. The quantitative estimate of drug-likeness (QED) is 0.832. The molecule has 1 N–H and O–H groups in total. The maximum absolute atomic E-state index is 12.7. The van der Waals surface area contributed by atoms with E-state index in [2.05, 4.69) is 15.3 Å². The van der Waals surface area contributed by atoms with Crippen LogP contribution in [0.1, 0.15) is 29.8 Å². The number of rotatable bonds is 7. The molecule has 0 aliphatic carbocycles. The van der Waals surface area contributed by atoms with E-state index in [9.17, 15) is 4.79 Å². The summed E-state index contributed by atoms with van der Waals surface area (Å²) in [5.74, 6) is 1.07. The maximum Gasteiger partial charge on any atom is 0.257 e. The number of nitrogens with zero attached hydrogens (tertiary/aromatic N) is 3. The van der Waals surface area contributed by atoms with E-state index in [-0.39, 0.29) is 5.91 Å². The van der Waals surface area contributed by atoms with Crippen LogP contribution in [0.15, 0.2) is 30.6 Å². The van der Waals surface area contributed by atoms with E-state index in [0.29, 0.717) is 35.4 Å². The monoisotopic (exact) mass is 348 g/mol. The molecular weight excluding hydrogens is 328 g/mol. The van der Waals surface area contributed by atoms with Crippen molar-refractivity contribution in [3.8, 4) is 5.75 Å². The van der Waals surface area contributed by atoms with Crippen LogP contribution in [0.2, 0.25) is 5.02 Å². The largest absolute Gasteiger partial charge is 0.496 e. The van der Waals surface area contributed by atoms with Crippen molar-refractivity contribution in [2.45, 2.75) is 20.4 Å². The minimum absolute atomic E-state index is 0.137. The Kier molecular flexibility index (Phi) is 6.37. The molecule has 1 aromatic carbocycles. The lowest BCUT2D eigenvalue weighted by Gasteiger charge is -2.22. The summed E-state index contributed by atoms with van der Waals surface area (Å²) in [7, 11) is 1.60. The van der Waals surface area contributed by atoms with Gasteiger partial charge >= 0.3 is 0 Å². The van der Waals surface area contributed by atoms with E-state index in [4.69, 9.17) is 16.3 Å². The van der Waals surface area contributed by atoms with Crippen molar-refractivity contribution in [1.29, 1.82) is 0 Å². The van der Waals surface area contributed by atoms with Crippen LogP contribution < -0.4 is 10.1 Å². The summed E-state index contributed by atoms with van der Waals surface area (Å²) in [6.07, 6.45) is 3.07. The molecule has 1 aromatic heterocycles. The number of amides is 1. The molecule has 24 heavy (non-hydrogen) atoms. The lowest BCUT2D eigenvalue weighted by molar-refractivity contribution is 0.0750. The minimum Gasteiger partial charge on any atom is -0.496 e. The van der Waals surface area contributed by atoms with Crippen LogP contribution in [0.4, 0.5) is 5.95 Å². The second-order valence-corrected chi connectivity index (χ2v) is 5.54. The first-order valence-electron chi connectivity index (χ1n) is 7.76. The Labute approximate surface area is 146 Å². The Morgan fingerprint density at radius 2 is 2.00 bits per heavy atom. The summed E-state index contributed by atoms with van der Waals surface area (Å²) in [5.41, 5.74) is 1.30. The Bertz CT molecular complexity index is 691. The summed E-state index contributed by atoms with van der Waals surface area (Å²) in [6.45, 7) is 5.54. The predicted octanol–water partition coefficient (Wildman–Crippen LogP) is 3.23. The molecule has 0 radical (unpaired) electrons. The Balaban J connectivity index is 2.18. The van der Waals surface area contributed by atoms with Gasteiger partial charge in [-0.25, -0.2) is 9.97 Å². The number of halogens is 1. The molecule has 0 aliphatic heterocycles. The average molecular weight is 349 g/mol. The molecular formula is C17H21ClN4O2. The molecule has 0 spiro atoms. The zero-order chi connectivity index (χ0) is 17.5. The van der Waals surface area contributed by atoms with Crippen molar-refractivity contribution in [3.05, 3.63) is 46.7 Å². The van der Waals surface area contributed by atoms with Gasteiger partial charge in [0, 0.05) is 42.6 Å². The van der Waals surface area contributed by atoms with Crippen LogP contribution in [0.3, 0.4) is 0 Å². The third-order valence-electron chi connectivity index (χ3n) is 3.51. The van der Waals surface area contributed by atoms with Gasteiger partial charge in [0.1, 0.15) is 5.75 Å². The van der Waals surface area contributed by atoms with E-state index in [1.165, 1.54) is 12.4 Å². The maximum atomic E-state index is 12.7. The Morgan fingerprint density at radius 1 is 1.29 bits per heavy atom. The van der Waals surface area contributed by atoms with Crippen LogP contribution in [-0.2, 0) is 6.54 Å². The number of nitrogens with one attached hydrogen (secondary N) is 1. The molecule has 0 saturated carbocycles. The van der Waals surface area contributed by atoms with Crippen LogP contribution in [0.5, 0.6) is 5.75 Å². The molecule has 7 heteroatoms. The zero-order valence-corrected chi connectivity index (χ0v) is 14.8. The first kappa shape index (κ1) is 18.0. The third-order valence-corrected chi connectivity index (χ3v) is 3.74. The lowest BCUT2D eigenvalue weighted by Crippen LogP contribution is -2.30. The molecule has 6 nitrogen and oxygen atoms in total. The van der Waals surface area contributed by atoms with E-state index >= 15 is 0 Å². The highest BCUT2D eigenvalue weighted by Gasteiger charge is 2.17. The number of aromatic nitrogens is 2. The first-order chi connectivity index (χ1) is 11.6. The van der Waals surface area contributed by atoms with Gasteiger partial charge in [-0.1, -0.05) is 11.6 Å². The van der Waals surface area contributed by atoms with Gasteiger partial charge in [-0.15, -0.1) is 0 Å². The summed E-state index contributed by atoms with van der Waals surface area (Å²) in [5, 5.41) is 3.60. The lowest BCUT2D eigenvalue weighted by atomic mass is 10.1. The van der Waals surface area contributed by atoms with E-state index in [0.717, 1.165) is 12.1 Å². The molecule has 0 atom stereocenters. The molecule has 2 rings (SSSR count). The van der Waals surface area contributed by atoms with Crippen molar-refractivity contribution >= 4 is 23.5 Å². The highest BCUT2D eigenvalue weighted by atomic mass is 35.5.